The summed E-state index contributed by atoms with van der Waals surface area (Å²) in [6.07, 6.45) is 6.42. The average molecular weight is 655 g/mol. The molecular formula is C37H71FN4O4. The van der Waals surface area contributed by atoms with Gasteiger partial charge in [0, 0.05) is 48.3 Å². The fraction of sp³-hybridized carbons (Fsp3) is 0.649. The Kier molecular flexibility index (Phi) is 36.7. The summed E-state index contributed by atoms with van der Waals surface area (Å²) in [5.74, 6) is 0.493. The molecule has 0 amide bonds. The lowest BCUT2D eigenvalue weighted by Gasteiger charge is -2.41. The van der Waals surface area contributed by atoms with Crippen LogP contribution in [0.2, 0.25) is 0 Å². The molecule has 9 heteroatoms. The van der Waals surface area contributed by atoms with Crippen molar-refractivity contribution in [2.75, 3.05) is 61.7 Å². The van der Waals surface area contributed by atoms with Gasteiger partial charge in [0.25, 0.3) is 0 Å². The summed E-state index contributed by atoms with van der Waals surface area (Å²) < 4.78 is 35.4. The summed E-state index contributed by atoms with van der Waals surface area (Å²) in [5, 5.41) is 3.24. The minimum Gasteiger partial charge on any atom is -0.497 e. The van der Waals surface area contributed by atoms with Crippen molar-refractivity contribution in [1.29, 1.82) is 0 Å². The molecule has 0 aliphatic carbocycles. The van der Waals surface area contributed by atoms with Crippen molar-refractivity contribution in [3.63, 3.8) is 0 Å². The van der Waals surface area contributed by atoms with E-state index in [2.05, 4.69) is 21.9 Å². The first-order valence-corrected chi connectivity index (χ1v) is 16.9. The third-order valence-corrected chi connectivity index (χ3v) is 6.02. The Balaban J connectivity index is -0.000000313. The maximum Gasteiger partial charge on any atom is 0.217 e. The fourth-order valence-electron chi connectivity index (χ4n) is 3.99. The molecule has 1 aliphatic heterocycles. The number of aromatic nitrogens is 1. The highest BCUT2D eigenvalue weighted by atomic mass is 19.1. The Hall–Kier alpha value is -2.72. The molecule has 0 unspecified atom stereocenters. The molecule has 1 saturated heterocycles. The van der Waals surface area contributed by atoms with Gasteiger partial charge in [-0.25, -0.2) is 4.39 Å². The molecular weight excluding hydrogens is 583 g/mol. The number of methoxy groups -OCH3 is 2. The molecule has 0 radical (unpaired) electrons. The fourth-order valence-corrected chi connectivity index (χ4v) is 3.99. The van der Waals surface area contributed by atoms with Gasteiger partial charge < -0.3 is 35.0 Å². The smallest absolute Gasteiger partial charge is 0.217 e. The van der Waals surface area contributed by atoms with Gasteiger partial charge in [0.1, 0.15) is 5.76 Å². The van der Waals surface area contributed by atoms with Crippen molar-refractivity contribution < 1.29 is 23.3 Å². The van der Waals surface area contributed by atoms with Crippen LogP contribution >= 0.6 is 0 Å². The zero-order chi connectivity index (χ0) is 36.6. The number of nitrogens with two attached hydrogens (primary N) is 1. The van der Waals surface area contributed by atoms with Crippen LogP contribution in [0.15, 0.2) is 47.2 Å². The zero-order valence-corrected chi connectivity index (χ0v) is 32.2. The lowest BCUT2D eigenvalue weighted by molar-refractivity contribution is -0.121. The van der Waals surface area contributed by atoms with Gasteiger partial charge in [0.05, 0.1) is 20.3 Å². The van der Waals surface area contributed by atoms with Crippen LogP contribution in [0, 0.1) is 18.2 Å². The second kappa shape index (κ2) is 33.6. The monoisotopic (exact) mass is 655 g/mol. The molecule has 3 rings (SSSR count). The topological polar surface area (TPSA) is 103 Å². The summed E-state index contributed by atoms with van der Waals surface area (Å²) in [6.45, 7) is 26.9. The van der Waals surface area contributed by atoms with Crippen LogP contribution in [0.5, 0.6) is 5.75 Å². The Bertz CT molecular complexity index is 1050. The number of allylic oxidation sites excluding steroid dienone is 1. The lowest BCUT2D eigenvalue weighted by Crippen LogP contribution is -2.43. The van der Waals surface area contributed by atoms with Gasteiger partial charge in [0.2, 0.25) is 5.90 Å². The normalized spacial score (nSPS) is 12.5. The third kappa shape index (κ3) is 20.4. The molecule has 0 spiro atoms. The van der Waals surface area contributed by atoms with E-state index < -0.39 is 5.82 Å². The Labute approximate surface area is 282 Å². The average Bonchev–Trinajstić information content (AvgIpc) is 3.47. The first kappa shape index (κ1) is 50.1. The predicted octanol–water partition coefficient (Wildman–Crippen LogP) is 9.24. The highest BCUT2D eigenvalue weighted by Crippen LogP contribution is 2.36. The van der Waals surface area contributed by atoms with Crippen molar-refractivity contribution in [2.45, 2.75) is 94.9 Å². The number of rotatable bonds is 11. The number of benzene rings is 1. The van der Waals surface area contributed by atoms with Crippen LogP contribution in [0.4, 0.5) is 4.39 Å². The number of hydrogen-bond donors (Lipinski definition) is 3. The first-order valence-electron chi connectivity index (χ1n) is 16.9. The van der Waals surface area contributed by atoms with E-state index in [9.17, 15) is 4.39 Å². The number of hydrogen-bond acceptors (Lipinski definition) is 7. The van der Waals surface area contributed by atoms with Crippen LogP contribution in [0.25, 0.3) is 10.9 Å². The standard InChI is InChI=1S/C17H19FN2O2.C10H21NO2.C2H7N.4C2H6/c1-10(8-12(3)21-5)17(19-4)22-15-7-6-14-13(16(15)18)9-11(2)20-14;1-12-7-3-2-4-10(5-6-11)8-13-9-10;1-3-2;4*1-2/h6-9,20H,3H2,1-2,4-5H3;2-9,11H2,1H3;3H,1-2H3;4*1-2H3/b10-8+,19-17?;;;;;;. The van der Waals surface area contributed by atoms with Gasteiger partial charge >= 0.3 is 0 Å². The Morgan fingerprint density at radius 3 is 2.07 bits per heavy atom. The third-order valence-electron chi connectivity index (χ3n) is 6.02. The highest BCUT2D eigenvalue weighted by Gasteiger charge is 2.36. The molecule has 4 N–H and O–H groups in total. The maximum absolute atomic E-state index is 14.5. The number of nitrogens with zero attached hydrogens (tertiary/aromatic N) is 1. The number of unbranched alkanes of at least 4 members (excludes halogenated alkanes) is 1. The second-order valence-corrected chi connectivity index (χ2v) is 9.40. The van der Waals surface area contributed by atoms with Gasteiger partial charge in [-0.15, -0.1) is 0 Å². The number of ether oxygens (including phenoxy) is 4. The van der Waals surface area contributed by atoms with Crippen molar-refractivity contribution in [3.8, 4) is 5.75 Å². The highest BCUT2D eigenvalue weighted by molar-refractivity contribution is 5.95. The molecule has 1 aliphatic rings. The van der Waals surface area contributed by atoms with Crippen molar-refractivity contribution >= 4 is 16.8 Å². The van der Waals surface area contributed by atoms with Crippen LogP contribution in [0.1, 0.15) is 93.7 Å². The molecule has 2 aromatic rings. The van der Waals surface area contributed by atoms with Crippen LogP contribution < -0.4 is 15.8 Å². The van der Waals surface area contributed by atoms with E-state index in [4.69, 9.17) is 24.7 Å². The molecule has 0 saturated carbocycles. The van der Waals surface area contributed by atoms with Crippen molar-refractivity contribution in [2.24, 2.45) is 16.1 Å². The number of aliphatic imine (C=N–C) groups is 1. The van der Waals surface area contributed by atoms with Crippen LogP contribution in [-0.4, -0.2) is 72.6 Å². The van der Waals surface area contributed by atoms with E-state index in [-0.39, 0.29) is 5.75 Å². The van der Waals surface area contributed by atoms with Crippen molar-refractivity contribution in [1.82, 2.24) is 10.3 Å². The Morgan fingerprint density at radius 1 is 1.07 bits per heavy atom. The van der Waals surface area contributed by atoms with Gasteiger partial charge in [-0.3, -0.25) is 4.99 Å². The first-order chi connectivity index (χ1) is 22.2. The van der Waals surface area contributed by atoms with E-state index in [1.165, 1.54) is 20.0 Å². The van der Waals surface area contributed by atoms with Crippen molar-refractivity contribution in [3.05, 3.63) is 53.7 Å². The summed E-state index contributed by atoms with van der Waals surface area (Å²) in [7, 11) is 8.61. The van der Waals surface area contributed by atoms with E-state index in [1.807, 2.05) is 76.4 Å². The molecule has 0 bridgehead atoms. The SMILES string of the molecule is C=C(/C=C(\C)C(=NC)Oc1ccc2[nH]c(C)cc2c1F)OC.CC.CC.CC.CC.CNC.COCCCCC1(CCN)COC1. The lowest BCUT2D eigenvalue weighted by atomic mass is 9.78. The summed E-state index contributed by atoms with van der Waals surface area (Å²) in [6, 6.07) is 5.11. The molecule has 270 valence electrons. The predicted molar refractivity (Wildman–Crippen MR) is 200 cm³/mol. The maximum atomic E-state index is 14.5. The number of aryl methyl sites for hydroxylation is 1. The molecule has 1 fully saturated rings. The van der Waals surface area contributed by atoms with Gasteiger partial charge in [-0.1, -0.05) is 68.4 Å². The number of halogens is 1. The van der Waals surface area contributed by atoms with E-state index in [0.29, 0.717) is 28.0 Å². The summed E-state index contributed by atoms with van der Waals surface area (Å²) in [4.78, 5) is 7.14. The molecule has 2 heterocycles. The largest absolute Gasteiger partial charge is 0.497 e. The van der Waals surface area contributed by atoms with Gasteiger partial charge in [-0.2, -0.15) is 0 Å². The molecule has 1 aromatic heterocycles. The van der Waals surface area contributed by atoms with Gasteiger partial charge in [-0.05, 0) is 78.0 Å². The van der Waals surface area contributed by atoms with E-state index in [1.54, 1.807) is 45.4 Å². The van der Waals surface area contributed by atoms with Gasteiger partial charge in [0.15, 0.2) is 11.6 Å². The quantitative estimate of drug-likeness (QED) is 0.0734. The van der Waals surface area contributed by atoms with Crippen LogP contribution in [0.3, 0.4) is 0 Å². The zero-order valence-electron chi connectivity index (χ0n) is 32.2. The molecule has 8 nitrogen and oxygen atoms in total. The van der Waals surface area contributed by atoms with E-state index >= 15 is 0 Å². The number of fused-ring (bicyclic) bond motifs is 1. The minimum atomic E-state index is -0.415. The summed E-state index contributed by atoms with van der Waals surface area (Å²) in [5.41, 5.74) is 8.31. The van der Waals surface area contributed by atoms with E-state index in [0.717, 1.165) is 50.4 Å². The number of aromatic amines is 1. The Morgan fingerprint density at radius 2 is 1.63 bits per heavy atom. The molecule has 1 aromatic carbocycles. The minimum absolute atomic E-state index is 0.128. The second-order valence-electron chi connectivity index (χ2n) is 9.40. The van der Waals surface area contributed by atoms with Crippen LogP contribution in [-0.2, 0) is 14.2 Å². The number of nitrogens with one attached hydrogen (secondary N) is 2. The summed E-state index contributed by atoms with van der Waals surface area (Å²) >= 11 is 0. The molecule has 0 atom stereocenters. The molecule has 46 heavy (non-hydrogen) atoms. The number of H-pyrrole nitrogens is 1.